The maximum absolute atomic E-state index is 4.65. The van der Waals surface area contributed by atoms with Crippen LogP contribution in [0.1, 0.15) is 20.8 Å². The maximum Gasteiger partial charge on any atom is 0.0763 e. The molecule has 15 heavy (non-hydrogen) atoms. The van der Waals surface area contributed by atoms with Crippen LogP contribution in [0.25, 0.3) is 0 Å². The Balaban J connectivity index is 2.86. The van der Waals surface area contributed by atoms with E-state index in [2.05, 4.69) is 41.7 Å². The molecule has 0 atom stereocenters. The lowest BCUT2D eigenvalue weighted by Gasteiger charge is -2.08. The molecule has 1 aromatic carbocycles. The number of benzene rings is 1. The first-order chi connectivity index (χ1) is 7.13. The van der Waals surface area contributed by atoms with Gasteiger partial charge < -0.3 is 0 Å². The molecule has 0 heterocycles. The van der Waals surface area contributed by atoms with Gasteiger partial charge >= 0.3 is 0 Å². The van der Waals surface area contributed by atoms with Gasteiger partial charge in [0.15, 0.2) is 0 Å². The Morgan fingerprint density at radius 3 is 2.40 bits per heavy atom. The summed E-state index contributed by atoms with van der Waals surface area (Å²) in [7, 11) is 0. The summed E-state index contributed by atoms with van der Waals surface area (Å²) in [5.74, 6) is 1.58. The molecule has 0 amide bonds. The van der Waals surface area contributed by atoms with Crippen LogP contribution in [0.2, 0.25) is 0 Å². The van der Waals surface area contributed by atoms with E-state index in [0.717, 1.165) is 15.9 Å². The SMILES string of the molecule is CCS/C(=N\c1ccc(Br)cc1)C(C)C. The third kappa shape index (κ3) is 4.39. The minimum absolute atomic E-state index is 0.499. The molecule has 0 aromatic heterocycles. The zero-order valence-electron chi connectivity index (χ0n) is 9.33. The topological polar surface area (TPSA) is 12.4 Å². The van der Waals surface area contributed by atoms with Crippen molar-refractivity contribution in [2.24, 2.45) is 10.9 Å². The van der Waals surface area contributed by atoms with Gasteiger partial charge in [0.05, 0.1) is 10.7 Å². The molecule has 1 nitrogen and oxygen atoms in total. The van der Waals surface area contributed by atoms with Crippen molar-refractivity contribution in [3.8, 4) is 0 Å². The summed E-state index contributed by atoms with van der Waals surface area (Å²) in [5.41, 5.74) is 1.03. The van der Waals surface area contributed by atoms with Gasteiger partial charge in [0.2, 0.25) is 0 Å². The Labute approximate surface area is 105 Å². The molecule has 0 aliphatic carbocycles. The van der Waals surface area contributed by atoms with Crippen LogP contribution in [0.4, 0.5) is 5.69 Å². The summed E-state index contributed by atoms with van der Waals surface area (Å²) in [4.78, 5) is 4.65. The van der Waals surface area contributed by atoms with Crippen LogP contribution >= 0.6 is 27.7 Å². The number of aliphatic imine (C=N–C) groups is 1. The summed E-state index contributed by atoms with van der Waals surface area (Å²) in [5, 5.41) is 1.21. The van der Waals surface area contributed by atoms with Crippen molar-refractivity contribution >= 4 is 38.4 Å². The fourth-order valence-electron chi connectivity index (χ4n) is 1.12. The number of rotatable bonds is 3. The van der Waals surface area contributed by atoms with E-state index in [1.165, 1.54) is 5.04 Å². The van der Waals surface area contributed by atoms with Crippen LogP contribution in [0, 0.1) is 5.92 Å². The van der Waals surface area contributed by atoms with E-state index in [9.17, 15) is 0 Å². The number of hydrogen-bond donors (Lipinski definition) is 0. The van der Waals surface area contributed by atoms with Crippen molar-refractivity contribution in [2.45, 2.75) is 20.8 Å². The van der Waals surface area contributed by atoms with E-state index in [0.29, 0.717) is 5.92 Å². The summed E-state index contributed by atoms with van der Waals surface area (Å²) >= 11 is 5.24. The minimum atomic E-state index is 0.499. The van der Waals surface area contributed by atoms with Gasteiger partial charge in [-0.3, -0.25) is 0 Å². The monoisotopic (exact) mass is 285 g/mol. The van der Waals surface area contributed by atoms with Crippen LogP contribution in [0.3, 0.4) is 0 Å². The maximum atomic E-state index is 4.65. The first-order valence-electron chi connectivity index (χ1n) is 5.10. The summed E-state index contributed by atoms with van der Waals surface area (Å²) in [6, 6.07) is 8.10. The molecular formula is C12H16BrNS. The van der Waals surface area contributed by atoms with Crippen molar-refractivity contribution in [1.82, 2.24) is 0 Å². The molecule has 0 aliphatic rings. The fraction of sp³-hybridized carbons (Fsp3) is 0.417. The van der Waals surface area contributed by atoms with Crippen LogP contribution in [-0.4, -0.2) is 10.8 Å². The lowest BCUT2D eigenvalue weighted by atomic mass is 10.2. The quantitative estimate of drug-likeness (QED) is 0.569. The molecule has 3 heteroatoms. The molecule has 0 radical (unpaired) electrons. The summed E-state index contributed by atoms with van der Waals surface area (Å²) in [6.07, 6.45) is 0. The molecule has 0 bridgehead atoms. The van der Waals surface area contributed by atoms with Crippen LogP contribution in [0.15, 0.2) is 33.7 Å². The third-order valence-electron chi connectivity index (χ3n) is 1.85. The molecule has 0 saturated heterocycles. The van der Waals surface area contributed by atoms with Crippen molar-refractivity contribution in [3.05, 3.63) is 28.7 Å². The van der Waals surface area contributed by atoms with E-state index < -0.39 is 0 Å². The Morgan fingerprint density at radius 2 is 1.93 bits per heavy atom. The van der Waals surface area contributed by atoms with Gasteiger partial charge in [0, 0.05) is 10.4 Å². The van der Waals surface area contributed by atoms with Crippen molar-refractivity contribution < 1.29 is 0 Å². The molecule has 0 N–H and O–H groups in total. The molecule has 82 valence electrons. The van der Waals surface area contributed by atoms with E-state index in [-0.39, 0.29) is 0 Å². The highest BCUT2D eigenvalue weighted by atomic mass is 79.9. The van der Waals surface area contributed by atoms with Gasteiger partial charge in [-0.25, -0.2) is 4.99 Å². The average Bonchev–Trinajstić information content (AvgIpc) is 2.20. The molecule has 0 spiro atoms. The van der Waals surface area contributed by atoms with Crippen LogP contribution in [-0.2, 0) is 0 Å². The van der Waals surface area contributed by atoms with E-state index in [1.54, 1.807) is 0 Å². The number of halogens is 1. The highest BCUT2D eigenvalue weighted by Gasteiger charge is 2.04. The second kappa shape index (κ2) is 6.33. The van der Waals surface area contributed by atoms with E-state index in [1.807, 2.05) is 36.0 Å². The normalized spacial score (nSPS) is 12.2. The smallest absolute Gasteiger partial charge is 0.0763 e. The number of hydrogen-bond acceptors (Lipinski definition) is 2. The minimum Gasteiger partial charge on any atom is -0.246 e. The summed E-state index contributed by atoms with van der Waals surface area (Å²) < 4.78 is 1.09. The van der Waals surface area contributed by atoms with Gasteiger partial charge in [-0.15, -0.1) is 11.8 Å². The molecule has 0 fully saturated rings. The van der Waals surface area contributed by atoms with E-state index >= 15 is 0 Å². The van der Waals surface area contributed by atoms with E-state index in [4.69, 9.17) is 0 Å². The molecule has 0 aliphatic heterocycles. The highest BCUT2D eigenvalue weighted by molar-refractivity contribution is 9.10. The lowest BCUT2D eigenvalue weighted by Crippen LogP contribution is -2.02. The van der Waals surface area contributed by atoms with Gasteiger partial charge in [0.25, 0.3) is 0 Å². The molecule has 1 aromatic rings. The third-order valence-corrected chi connectivity index (χ3v) is 3.53. The first-order valence-corrected chi connectivity index (χ1v) is 6.88. The zero-order valence-corrected chi connectivity index (χ0v) is 11.7. The molecule has 0 saturated carbocycles. The fourth-order valence-corrected chi connectivity index (χ4v) is 2.18. The Morgan fingerprint density at radius 1 is 1.33 bits per heavy atom. The van der Waals surface area contributed by atoms with Gasteiger partial charge in [0.1, 0.15) is 0 Å². The lowest BCUT2D eigenvalue weighted by molar-refractivity contribution is 0.900. The predicted octanol–water partition coefficient (Wildman–Crippen LogP) is 4.89. The van der Waals surface area contributed by atoms with Crippen molar-refractivity contribution in [1.29, 1.82) is 0 Å². The molecular weight excluding hydrogens is 270 g/mol. The van der Waals surface area contributed by atoms with Crippen molar-refractivity contribution in [3.63, 3.8) is 0 Å². The predicted molar refractivity (Wildman–Crippen MR) is 74.2 cm³/mol. The number of nitrogens with zero attached hydrogens (tertiary/aromatic N) is 1. The van der Waals surface area contributed by atoms with Gasteiger partial charge in [-0.2, -0.15) is 0 Å². The first kappa shape index (κ1) is 12.8. The van der Waals surface area contributed by atoms with Crippen LogP contribution < -0.4 is 0 Å². The average molecular weight is 286 g/mol. The van der Waals surface area contributed by atoms with Gasteiger partial charge in [-0.05, 0) is 30.0 Å². The Hall–Kier alpha value is -0.280. The highest BCUT2D eigenvalue weighted by Crippen LogP contribution is 2.21. The van der Waals surface area contributed by atoms with Gasteiger partial charge in [-0.1, -0.05) is 36.7 Å². The zero-order chi connectivity index (χ0) is 11.3. The summed E-state index contributed by atoms with van der Waals surface area (Å²) in [6.45, 7) is 6.52. The second-order valence-corrected chi connectivity index (χ2v) is 5.71. The second-order valence-electron chi connectivity index (χ2n) is 3.51. The Kier molecular flexibility index (Phi) is 5.40. The van der Waals surface area contributed by atoms with Crippen LogP contribution in [0.5, 0.6) is 0 Å². The molecule has 1 rings (SSSR count). The largest absolute Gasteiger partial charge is 0.246 e. The van der Waals surface area contributed by atoms with Crippen molar-refractivity contribution in [2.75, 3.05) is 5.75 Å². The number of thioether (sulfide) groups is 1. The standard InChI is InChI=1S/C12H16BrNS/c1-4-15-12(9(2)3)14-11-7-5-10(13)6-8-11/h5-9H,4H2,1-3H3/b14-12-. The Bertz CT molecular complexity index is 330. The molecule has 0 unspecified atom stereocenters.